The summed E-state index contributed by atoms with van der Waals surface area (Å²) in [7, 11) is 0. The monoisotopic (exact) mass is 414 g/mol. The number of halogens is 1. The summed E-state index contributed by atoms with van der Waals surface area (Å²) in [5.74, 6) is -0.270. The normalized spacial score (nSPS) is 15.9. The van der Waals surface area contributed by atoms with Gasteiger partial charge in [0.15, 0.2) is 5.76 Å². The van der Waals surface area contributed by atoms with E-state index in [9.17, 15) is 9.18 Å². The van der Waals surface area contributed by atoms with Gasteiger partial charge in [-0.1, -0.05) is 19.1 Å². The molecule has 1 fully saturated rings. The van der Waals surface area contributed by atoms with E-state index in [0.29, 0.717) is 13.2 Å². The number of aryl methyl sites for hydroxylation is 1. The Bertz CT molecular complexity index is 947. The van der Waals surface area contributed by atoms with E-state index < -0.39 is 0 Å². The molecule has 1 unspecified atom stereocenters. The number of hydrogen-bond donors (Lipinski definition) is 1. The van der Waals surface area contributed by atoms with Gasteiger partial charge in [-0.15, -0.1) is 11.3 Å². The number of carbonyl (C=O) groups excluding carboxylic acids is 1. The van der Waals surface area contributed by atoms with Crippen molar-refractivity contribution >= 4 is 22.2 Å². The second-order valence-electron chi connectivity index (χ2n) is 6.88. The first kappa shape index (κ1) is 19.8. The molecule has 1 aliphatic rings. The summed E-state index contributed by atoms with van der Waals surface area (Å²) in [5, 5.41) is 3.82. The topological polar surface area (TPSA) is 54.7 Å². The summed E-state index contributed by atoms with van der Waals surface area (Å²) in [6.45, 7) is 4.93. The Hall–Kier alpha value is -2.48. The van der Waals surface area contributed by atoms with E-state index in [0.717, 1.165) is 35.6 Å². The van der Waals surface area contributed by atoms with Crippen molar-refractivity contribution < 1.29 is 18.3 Å². The molecule has 1 aromatic carbocycles. The molecule has 7 heteroatoms. The zero-order chi connectivity index (χ0) is 20.2. The van der Waals surface area contributed by atoms with Crippen molar-refractivity contribution in [3.05, 3.63) is 76.3 Å². The minimum Gasteiger partial charge on any atom is -0.459 e. The second-order valence-corrected chi connectivity index (χ2v) is 8.02. The van der Waals surface area contributed by atoms with Gasteiger partial charge in [0, 0.05) is 23.5 Å². The zero-order valence-electron chi connectivity index (χ0n) is 16.2. The van der Waals surface area contributed by atoms with Gasteiger partial charge in [0.2, 0.25) is 0 Å². The summed E-state index contributed by atoms with van der Waals surface area (Å²) >= 11 is 1.57. The molecule has 3 heterocycles. The number of hydrogen-bond acceptors (Lipinski definition) is 5. The van der Waals surface area contributed by atoms with Gasteiger partial charge < -0.3 is 14.5 Å². The van der Waals surface area contributed by atoms with Gasteiger partial charge in [0.25, 0.3) is 5.91 Å². The molecule has 152 valence electrons. The van der Waals surface area contributed by atoms with Crippen LogP contribution in [0.15, 0.2) is 53.1 Å². The van der Waals surface area contributed by atoms with Crippen LogP contribution in [0.5, 0.6) is 0 Å². The zero-order valence-corrected chi connectivity index (χ0v) is 17.0. The van der Waals surface area contributed by atoms with E-state index >= 15 is 0 Å². The maximum Gasteiger partial charge on any atom is 0.291 e. The minimum absolute atomic E-state index is 0.0945. The standard InChI is InChI=1S/C22H23FN2O3S/c1-2-17-14-18(22(29-17)24-21(26)19-4-3-11-28-19)20(25-9-12-27-13-10-25)15-5-7-16(23)8-6-15/h3-8,11,14,20H,2,9-10,12-13H2,1H3,(H,24,26). The third-order valence-corrected chi connectivity index (χ3v) is 6.23. The Morgan fingerprint density at radius 1 is 1.24 bits per heavy atom. The van der Waals surface area contributed by atoms with Crippen LogP contribution in [0.3, 0.4) is 0 Å². The van der Waals surface area contributed by atoms with E-state index in [1.165, 1.54) is 23.3 Å². The molecular weight excluding hydrogens is 391 g/mol. The Labute approximate surface area is 173 Å². The van der Waals surface area contributed by atoms with Crippen molar-refractivity contribution in [3.63, 3.8) is 0 Å². The van der Waals surface area contributed by atoms with Crippen molar-refractivity contribution in [3.8, 4) is 0 Å². The lowest BCUT2D eigenvalue weighted by molar-refractivity contribution is 0.0241. The van der Waals surface area contributed by atoms with Gasteiger partial charge in [-0.3, -0.25) is 9.69 Å². The molecule has 0 bridgehead atoms. The number of rotatable bonds is 6. The fourth-order valence-corrected chi connectivity index (χ4v) is 4.60. The summed E-state index contributed by atoms with van der Waals surface area (Å²) in [4.78, 5) is 16.1. The molecule has 1 amide bonds. The molecule has 1 N–H and O–H groups in total. The molecule has 1 atom stereocenters. The maximum atomic E-state index is 13.6. The first-order valence-electron chi connectivity index (χ1n) is 9.70. The van der Waals surface area contributed by atoms with E-state index in [4.69, 9.17) is 9.15 Å². The highest BCUT2D eigenvalue weighted by Crippen LogP contribution is 2.40. The molecule has 2 aromatic heterocycles. The molecule has 1 aliphatic heterocycles. The van der Waals surface area contributed by atoms with Crippen molar-refractivity contribution in [1.29, 1.82) is 0 Å². The molecule has 3 aromatic rings. The number of morpholine rings is 1. The van der Waals surface area contributed by atoms with Crippen LogP contribution in [-0.2, 0) is 11.2 Å². The number of thiophene rings is 1. The molecule has 4 rings (SSSR count). The van der Waals surface area contributed by atoms with Crippen LogP contribution in [0.1, 0.15) is 39.5 Å². The Morgan fingerprint density at radius 3 is 2.66 bits per heavy atom. The average Bonchev–Trinajstić information content (AvgIpc) is 3.41. The predicted molar refractivity (Wildman–Crippen MR) is 111 cm³/mol. The van der Waals surface area contributed by atoms with E-state index in [-0.39, 0.29) is 23.5 Å². The lowest BCUT2D eigenvalue weighted by atomic mass is 9.97. The fourth-order valence-electron chi connectivity index (χ4n) is 3.57. The number of benzene rings is 1. The van der Waals surface area contributed by atoms with Crippen molar-refractivity contribution in [2.24, 2.45) is 0 Å². The van der Waals surface area contributed by atoms with E-state index in [1.807, 2.05) is 12.1 Å². The lowest BCUT2D eigenvalue weighted by Crippen LogP contribution is -2.39. The molecular formula is C22H23FN2O3S. The van der Waals surface area contributed by atoms with E-state index in [1.54, 1.807) is 23.5 Å². The van der Waals surface area contributed by atoms with Gasteiger partial charge in [-0.25, -0.2) is 4.39 Å². The van der Waals surface area contributed by atoms with Gasteiger partial charge >= 0.3 is 0 Å². The Kier molecular flexibility index (Phi) is 6.08. The van der Waals surface area contributed by atoms with Crippen LogP contribution in [-0.4, -0.2) is 37.1 Å². The third-order valence-electron chi connectivity index (χ3n) is 5.02. The number of ether oxygens (including phenoxy) is 1. The van der Waals surface area contributed by atoms with Crippen LogP contribution in [0.25, 0.3) is 0 Å². The number of amides is 1. The minimum atomic E-state index is -0.277. The Morgan fingerprint density at radius 2 is 2.00 bits per heavy atom. The highest BCUT2D eigenvalue weighted by atomic mass is 32.1. The molecule has 1 saturated heterocycles. The highest BCUT2D eigenvalue weighted by Gasteiger charge is 2.29. The highest BCUT2D eigenvalue weighted by molar-refractivity contribution is 7.16. The molecule has 0 saturated carbocycles. The van der Waals surface area contributed by atoms with Gasteiger partial charge in [-0.2, -0.15) is 0 Å². The van der Waals surface area contributed by atoms with Crippen molar-refractivity contribution in [2.75, 3.05) is 31.6 Å². The first-order valence-corrected chi connectivity index (χ1v) is 10.5. The van der Waals surface area contributed by atoms with Gasteiger partial charge in [0.05, 0.1) is 25.5 Å². The number of anilines is 1. The van der Waals surface area contributed by atoms with Crippen LogP contribution in [0, 0.1) is 5.82 Å². The quantitative estimate of drug-likeness (QED) is 0.634. The van der Waals surface area contributed by atoms with Crippen LogP contribution >= 0.6 is 11.3 Å². The van der Waals surface area contributed by atoms with Crippen LogP contribution < -0.4 is 5.32 Å². The number of nitrogens with one attached hydrogen (secondary N) is 1. The van der Waals surface area contributed by atoms with Crippen molar-refractivity contribution in [1.82, 2.24) is 4.90 Å². The molecule has 0 spiro atoms. The smallest absolute Gasteiger partial charge is 0.291 e. The van der Waals surface area contributed by atoms with Crippen LogP contribution in [0.2, 0.25) is 0 Å². The van der Waals surface area contributed by atoms with Crippen LogP contribution in [0.4, 0.5) is 9.39 Å². The summed E-state index contributed by atoms with van der Waals surface area (Å²) in [6, 6.07) is 12.0. The predicted octanol–water partition coefficient (Wildman–Crippen LogP) is 4.72. The summed E-state index contributed by atoms with van der Waals surface area (Å²) in [6.07, 6.45) is 2.35. The van der Waals surface area contributed by atoms with Gasteiger partial charge in [-0.05, 0) is 42.3 Å². The van der Waals surface area contributed by atoms with Crippen molar-refractivity contribution in [2.45, 2.75) is 19.4 Å². The number of furan rings is 1. The second kappa shape index (κ2) is 8.90. The van der Waals surface area contributed by atoms with E-state index in [2.05, 4.69) is 23.2 Å². The summed E-state index contributed by atoms with van der Waals surface area (Å²) in [5.41, 5.74) is 2.00. The maximum absolute atomic E-state index is 13.6. The lowest BCUT2D eigenvalue weighted by Gasteiger charge is -2.35. The van der Waals surface area contributed by atoms with Gasteiger partial charge in [0.1, 0.15) is 10.8 Å². The first-order chi connectivity index (χ1) is 14.2. The summed E-state index contributed by atoms with van der Waals surface area (Å²) < 4.78 is 24.3. The number of nitrogens with zero attached hydrogens (tertiary/aromatic N) is 1. The molecule has 0 aliphatic carbocycles. The molecule has 5 nitrogen and oxygen atoms in total. The number of carbonyl (C=O) groups is 1. The molecule has 0 radical (unpaired) electrons. The fraction of sp³-hybridized carbons (Fsp3) is 0.318. The molecule has 29 heavy (non-hydrogen) atoms. The SMILES string of the molecule is CCc1cc(C(c2ccc(F)cc2)N2CCOCC2)c(NC(=O)c2ccco2)s1. The average molecular weight is 415 g/mol. The third kappa shape index (κ3) is 4.42. The Balaban J connectivity index is 1.73. The largest absolute Gasteiger partial charge is 0.459 e.